The van der Waals surface area contributed by atoms with Gasteiger partial charge in [-0.1, -0.05) is 60.5 Å². The van der Waals surface area contributed by atoms with E-state index in [9.17, 15) is 0 Å². The summed E-state index contributed by atoms with van der Waals surface area (Å²) in [5.74, 6) is 0. The van der Waals surface area contributed by atoms with Crippen LogP contribution in [0.5, 0.6) is 0 Å². The summed E-state index contributed by atoms with van der Waals surface area (Å²) in [5.41, 5.74) is 10.0. The van der Waals surface area contributed by atoms with Crippen LogP contribution in [0, 0.1) is 0 Å². The van der Waals surface area contributed by atoms with Crippen LogP contribution < -0.4 is 0 Å². The van der Waals surface area contributed by atoms with Crippen molar-refractivity contribution in [3.63, 3.8) is 0 Å². The molecule has 0 bridgehead atoms. The lowest BCUT2D eigenvalue weighted by Gasteiger charge is -2.51. The molecular weight excluding hydrogens is 394 g/mol. The van der Waals surface area contributed by atoms with E-state index < -0.39 is 35.6 Å². The molecule has 2 heterocycles. The van der Waals surface area contributed by atoms with Crippen molar-refractivity contribution in [2.45, 2.75) is 102 Å². The molecule has 2 fully saturated rings. The summed E-state index contributed by atoms with van der Waals surface area (Å²) in [4.78, 5) is 3.01. The van der Waals surface area contributed by atoms with Gasteiger partial charge in [-0.2, -0.15) is 0 Å². The number of fused-ring (bicyclic) bond motifs is 1. The number of hydrogen-bond acceptors (Lipinski definition) is 6. The third-order valence-electron chi connectivity index (χ3n) is 6.04. The zero-order valence-corrected chi connectivity index (χ0v) is 20.7. The Morgan fingerprint density at radius 2 is 1.50 bits per heavy atom. The first kappa shape index (κ1) is 23.8. The molecule has 28 heavy (non-hydrogen) atoms. The van der Waals surface area contributed by atoms with E-state index in [4.69, 9.17) is 28.0 Å². The monoisotopic (exact) mass is 431 g/mol. The molecule has 2 saturated heterocycles. The van der Waals surface area contributed by atoms with Crippen molar-refractivity contribution in [1.29, 1.82) is 0 Å². The summed E-state index contributed by atoms with van der Waals surface area (Å²) in [5, 5.41) is 3.95. The zero-order chi connectivity index (χ0) is 21.3. The molecule has 0 aliphatic carbocycles. The lowest BCUT2D eigenvalue weighted by atomic mass is 10.1. The summed E-state index contributed by atoms with van der Waals surface area (Å²) in [7, 11) is -3.81. The Kier molecular flexibility index (Phi) is 7.77. The van der Waals surface area contributed by atoms with E-state index in [1.807, 2.05) is 0 Å². The molecule has 0 unspecified atom stereocenters. The van der Waals surface area contributed by atoms with Gasteiger partial charge in [0.2, 0.25) is 0 Å². The third-order valence-corrected chi connectivity index (χ3v) is 16.3. The van der Waals surface area contributed by atoms with Gasteiger partial charge in [0.15, 0.2) is 6.29 Å². The van der Waals surface area contributed by atoms with Crippen LogP contribution in [0.4, 0.5) is 0 Å². The molecule has 0 N–H and O–H groups in total. The minimum atomic E-state index is -2.76. The highest BCUT2D eigenvalue weighted by Gasteiger charge is 2.61. The van der Waals surface area contributed by atoms with E-state index >= 15 is 0 Å². The van der Waals surface area contributed by atoms with Crippen LogP contribution in [0.2, 0.25) is 22.2 Å². The fourth-order valence-corrected chi connectivity index (χ4v) is 15.7. The Hall–Kier alpha value is -0.456. The number of ether oxygens (including phenoxy) is 2. The highest BCUT2D eigenvalue weighted by molar-refractivity contribution is 6.83. The van der Waals surface area contributed by atoms with Gasteiger partial charge < -0.3 is 22.4 Å². The molecular formula is C18H37N3O5Si2. The number of nitrogens with zero attached hydrogens (tertiary/aromatic N) is 3. The van der Waals surface area contributed by atoms with Crippen molar-refractivity contribution in [3.05, 3.63) is 10.4 Å². The number of hydrogen-bond donors (Lipinski definition) is 0. The van der Waals surface area contributed by atoms with Crippen molar-refractivity contribution < 1.29 is 22.4 Å². The van der Waals surface area contributed by atoms with Gasteiger partial charge in [0.05, 0.1) is 12.7 Å². The van der Waals surface area contributed by atoms with E-state index in [0.717, 1.165) is 0 Å². The second-order valence-corrected chi connectivity index (χ2v) is 17.9. The first-order chi connectivity index (χ1) is 13.1. The Bertz CT molecular complexity index is 568. The molecule has 0 radical (unpaired) electrons. The maximum absolute atomic E-state index is 9.08. The van der Waals surface area contributed by atoms with Gasteiger partial charge in [-0.3, -0.25) is 0 Å². The van der Waals surface area contributed by atoms with E-state index in [0.29, 0.717) is 6.61 Å². The van der Waals surface area contributed by atoms with E-state index in [-0.39, 0.29) is 28.3 Å². The molecule has 2 rings (SSSR count). The molecule has 2 aliphatic heterocycles. The average Bonchev–Trinajstić information content (AvgIpc) is 2.90. The maximum atomic E-state index is 9.08. The summed E-state index contributed by atoms with van der Waals surface area (Å²) < 4.78 is 32.2. The first-order valence-corrected chi connectivity index (χ1v) is 14.2. The summed E-state index contributed by atoms with van der Waals surface area (Å²) in [6, 6.07) is -0.566. The van der Waals surface area contributed by atoms with Crippen molar-refractivity contribution in [2.75, 3.05) is 13.7 Å². The Morgan fingerprint density at radius 1 is 0.964 bits per heavy atom. The van der Waals surface area contributed by atoms with Crippen LogP contribution >= 0.6 is 0 Å². The number of azide groups is 1. The second kappa shape index (κ2) is 9.13. The fraction of sp³-hybridized carbons (Fsp3) is 1.00. The van der Waals surface area contributed by atoms with E-state index in [1.54, 1.807) is 7.11 Å². The topological polar surface area (TPSA) is 94.9 Å². The molecule has 0 saturated carbocycles. The third kappa shape index (κ3) is 4.06. The van der Waals surface area contributed by atoms with Crippen molar-refractivity contribution in [2.24, 2.45) is 5.11 Å². The summed E-state index contributed by atoms with van der Waals surface area (Å²) in [6.45, 7) is 17.7. The van der Waals surface area contributed by atoms with Gasteiger partial charge in [0.1, 0.15) is 12.1 Å². The van der Waals surface area contributed by atoms with Gasteiger partial charge in [0.25, 0.3) is 0 Å². The quantitative estimate of drug-likeness (QED) is 0.255. The molecule has 0 amide bonds. The van der Waals surface area contributed by atoms with Gasteiger partial charge in [0, 0.05) is 12.0 Å². The molecule has 0 aromatic heterocycles. The molecule has 10 heteroatoms. The predicted octanol–water partition coefficient (Wildman–Crippen LogP) is 4.99. The van der Waals surface area contributed by atoms with E-state index in [2.05, 4.69) is 65.4 Å². The lowest BCUT2D eigenvalue weighted by molar-refractivity contribution is -0.131. The van der Waals surface area contributed by atoms with Gasteiger partial charge in [-0.25, -0.2) is 0 Å². The van der Waals surface area contributed by atoms with Crippen LogP contribution in [0.1, 0.15) is 55.4 Å². The standard InChI is InChI=1S/C18H37N3O5Si2/c1-11(2)27(12(3)4)23-10-15-17(16(20-21-19)18(22-9)24-15)25-28(26-27,13(5)6)14(7)8/h11-18H,10H2,1-9H3/t15-,16-,17-,18-/m1/s1. The van der Waals surface area contributed by atoms with E-state index in [1.165, 1.54) is 0 Å². The van der Waals surface area contributed by atoms with Crippen LogP contribution in [-0.4, -0.2) is 55.4 Å². The molecule has 162 valence electrons. The highest BCUT2D eigenvalue weighted by atomic mass is 28.5. The van der Waals surface area contributed by atoms with Crippen LogP contribution in [0.25, 0.3) is 10.4 Å². The van der Waals surface area contributed by atoms with Crippen LogP contribution in [0.15, 0.2) is 5.11 Å². The smallest absolute Gasteiger partial charge is 0.335 e. The first-order valence-electron chi connectivity index (χ1n) is 10.3. The molecule has 0 spiro atoms. The molecule has 0 aromatic rings. The van der Waals surface area contributed by atoms with Gasteiger partial charge in [-0.05, 0) is 27.7 Å². The highest BCUT2D eigenvalue weighted by Crippen LogP contribution is 2.47. The normalized spacial score (nSPS) is 32.3. The minimum Gasteiger partial charge on any atom is -0.414 e. The lowest BCUT2D eigenvalue weighted by Crippen LogP contribution is -2.65. The number of rotatable bonds is 6. The summed E-state index contributed by atoms with van der Waals surface area (Å²) in [6.07, 6.45) is -1.44. The van der Waals surface area contributed by atoms with Crippen molar-refractivity contribution >= 4 is 17.1 Å². The molecule has 8 nitrogen and oxygen atoms in total. The summed E-state index contributed by atoms with van der Waals surface area (Å²) >= 11 is 0. The van der Waals surface area contributed by atoms with Gasteiger partial charge >= 0.3 is 17.1 Å². The SMILES string of the molecule is CO[C@@H]1O[C@@H]2CO[Si](C(C)C)(C(C)C)O[Si](C(C)C)(C(C)C)O[C@H]2[C@H]1N=[N+]=[N-]. The van der Waals surface area contributed by atoms with Crippen molar-refractivity contribution in [1.82, 2.24) is 0 Å². The maximum Gasteiger partial charge on any atom is 0.335 e. The van der Waals surface area contributed by atoms with Crippen LogP contribution in [0.3, 0.4) is 0 Å². The van der Waals surface area contributed by atoms with Crippen molar-refractivity contribution in [3.8, 4) is 0 Å². The second-order valence-electron chi connectivity index (χ2n) is 9.03. The molecule has 2 aliphatic rings. The number of methoxy groups -OCH3 is 1. The minimum absolute atomic E-state index is 0.201. The Morgan fingerprint density at radius 3 is 1.93 bits per heavy atom. The average molecular weight is 432 g/mol. The predicted molar refractivity (Wildman–Crippen MR) is 112 cm³/mol. The fourth-order valence-electron chi connectivity index (χ4n) is 4.50. The largest absolute Gasteiger partial charge is 0.414 e. The van der Waals surface area contributed by atoms with Crippen LogP contribution in [-0.2, 0) is 22.4 Å². The zero-order valence-electron chi connectivity index (χ0n) is 18.7. The Balaban J connectivity index is 2.59. The van der Waals surface area contributed by atoms with Gasteiger partial charge in [-0.15, -0.1) is 0 Å². The Labute approximate surface area is 171 Å². The molecule has 4 atom stereocenters. The molecule has 0 aromatic carbocycles.